The molecule has 0 atom stereocenters. The molecule has 0 bridgehead atoms. The fourth-order valence-corrected chi connectivity index (χ4v) is 1.32. The Labute approximate surface area is 76.2 Å². The Hall–Kier alpha value is -1.14. The van der Waals surface area contributed by atoms with Gasteiger partial charge in [0, 0.05) is 4.90 Å². The molecule has 0 radical (unpaired) electrons. The molecule has 0 aromatic heterocycles. The van der Waals surface area contributed by atoms with E-state index in [4.69, 9.17) is 10.00 Å². The van der Waals surface area contributed by atoms with Gasteiger partial charge in [-0.25, -0.2) is 0 Å². The van der Waals surface area contributed by atoms with E-state index < -0.39 is 0 Å². The maximum Gasteiger partial charge on any atom is 0.137 e. The third-order valence-electron chi connectivity index (χ3n) is 1.53. The van der Waals surface area contributed by atoms with Crippen LogP contribution in [0.2, 0.25) is 0 Å². The van der Waals surface area contributed by atoms with Crippen LogP contribution in [0.25, 0.3) is 0 Å². The molecule has 0 aliphatic carbocycles. The quantitative estimate of drug-likeness (QED) is 0.653. The summed E-state index contributed by atoms with van der Waals surface area (Å²) in [4.78, 5) is 1.10. The number of nitrogens with zero attached hydrogens (tertiary/aromatic N) is 1. The highest BCUT2D eigenvalue weighted by molar-refractivity contribution is 7.98. The molecule has 12 heavy (non-hydrogen) atoms. The predicted molar refractivity (Wildman–Crippen MR) is 49.5 cm³/mol. The summed E-state index contributed by atoms with van der Waals surface area (Å²) in [7, 11) is 1.57. The van der Waals surface area contributed by atoms with Crippen molar-refractivity contribution in [2.75, 3.05) is 13.4 Å². The molecule has 0 spiro atoms. The lowest BCUT2D eigenvalue weighted by Crippen LogP contribution is -1.87. The second kappa shape index (κ2) is 4.03. The summed E-state index contributed by atoms with van der Waals surface area (Å²) in [5.41, 5.74) is 0.579. The molecule has 0 unspecified atom stereocenters. The smallest absolute Gasteiger partial charge is 0.137 e. The summed E-state index contributed by atoms with van der Waals surface area (Å²) >= 11 is 1.63. The first-order valence-corrected chi connectivity index (χ1v) is 4.66. The van der Waals surface area contributed by atoms with Crippen LogP contribution in [0.15, 0.2) is 23.1 Å². The van der Waals surface area contributed by atoms with E-state index in [1.54, 1.807) is 24.9 Å². The molecule has 0 aliphatic heterocycles. The van der Waals surface area contributed by atoms with Crippen LogP contribution in [0.1, 0.15) is 5.56 Å². The maximum atomic E-state index is 8.68. The fourth-order valence-electron chi connectivity index (χ4n) is 0.891. The number of rotatable bonds is 2. The van der Waals surface area contributed by atoms with Crippen molar-refractivity contribution in [3.63, 3.8) is 0 Å². The SMILES string of the molecule is COc1cc(SC)ccc1C#N. The Morgan fingerprint density at radius 1 is 1.50 bits per heavy atom. The number of thioether (sulfide) groups is 1. The van der Waals surface area contributed by atoms with E-state index in [0.29, 0.717) is 11.3 Å². The lowest BCUT2D eigenvalue weighted by atomic mass is 10.2. The standard InChI is InChI=1S/C9H9NOS/c1-11-9-5-8(12-2)4-3-7(9)6-10/h3-5H,1-2H3. The molecule has 0 amide bonds. The first-order chi connectivity index (χ1) is 5.81. The minimum absolute atomic E-state index is 0.579. The number of methoxy groups -OCH3 is 1. The van der Waals surface area contributed by atoms with Crippen molar-refractivity contribution in [2.24, 2.45) is 0 Å². The molecule has 0 N–H and O–H groups in total. The van der Waals surface area contributed by atoms with Crippen LogP contribution in [0.3, 0.4) is 0 Å². The highest BCUT2D eigenvalue weighted by Gasteiger charge is 2.01. The molecule has 1 aromatic rings. The summed E-state index contributed by atoms with van der Waals surface area (Å²) in [5, 5.41) is 8.68. The van der Waals surface area contributed by atoms with Gasteiger partial charge in [-0.05, 0) is 24.5 Å². The van der Waals surface area contributed by atoms with Crippen molar-refractivity contribution in [1.82, 2.24) is 0 Å². The Kier molecular flexibility index (Phi) is 3.01. The van der Waals surface area contributed by atoms with Gasteiger partial charge in [-0.15, -0.1) is 11.8 Å². The van der Waals surface area contributed by atoms with Gasteiger partial charge in [-0.2, -0.15) is 5.26 Å². The topological polar surface area (TPSA) is 33.0 Å². The van der Waals surface area contributed by atoms with Crippen molar-refractivity contribution < 1.29 is 4.74 Å². The van der Waals surface area contributed by atoms with Gasteiger partial charge in [-0.3, -0.25) is 0 Å². The molecule has 0 fully saturated rings. The van der Waals surface area contributed by atoms with E-state index in [-0.39, 0.29) is 0 Å². The van der Waals surface area contributed by atoms with Crippen LogP contribution < -0.4 is 4.74 Å². The molecular formula is C9H9NOS. The van der Waals surface area contributed by atoms with Crippen LogP contribution in [0.5, 0.6) is 5.75 Å². The minimum Gasteiger partial charge on any atom is -0.495 e. The number of ether oxygens (including phenoxy) is 1. The normalized spacial score (nSPS) is 9.08. The zero-order chi connectivity index (χ0) is 8.97. The number of nitriles is 1. The third kappa shape index (κ3) is 1.72. The first-order valence-electron chi connectivity index (χ1n) is 3.44. The fraction of sp³-hybridized carbons (Fsp3) is 0.222. The summed E-state index contributed by atoms with van der Waals surface area (Å²) < 4.78 is 5.04. The molecular weight excluding hydrogens is 170 g/mol. The van der Waals surface area contributed by atoms with Gasteiger partial charge in [-0.1, -0.05) is 0 Å². The molecule has 0 aliphatic rings. The molecule has 0 saturated heterocycles. The number of hydrogen-bond acceptors (Lipinski definition) is 3. The molecule has 0 heterocycles. The van der Waals surface area contributed by atoms with Crippen LogP contribution in [-0.2, 0) is 0 Å². The van der Waals surface area contributed by atoms with Gasteiger partial charge in [0.05, 0.1) is 12.7 Å². The molecule has 2 nitrogen and oxygen atoms in total. The molecule has 1 aromatic carbocycles. The Balaban J connectivity index is 3.13. The predicted octanol–water partition coefficient (Wildman–Crippen LogP) is 2.29. The highest BCUT2D eigenvalue weighted by Crippen LogP contribution is 2.24. The Morgan fingerprint density at radius 2 is 2.25 bits per heavy atom. The van der Waals surface area contributed by atoms with E-state index in [1.165, 1.54) is 0 Å². The molecule has 0 saturated carbocycles. The summed E-state index contributed by atoms with van der Waals surface area (Å²) in [6.45, 7) is 0. The summed E-state index contributed by atoms with van der Waals surface area (Å²) in [5.74, 6) is 0.643. The minimum atomic E-state index is 0.579. The van der Waals surface area contributed by atoms with Crippen molar-refractivity contribution >= 4 is 11.8 Å². The second-order valence-electron chi connectivity index (χ2n) is 2.18. The summed E-state index contributed by atoms with van der Waals surface area (Å²) in [6.07, 6.45) is 1.99. The zero-order valence-corrected chi connectivity index (χ0v) is 7.81. The van der Waals surface area contributed by atoms with E-state index in [2.05, 4.69) is 6.07 Å². The van der Waals surface area contributed by atoms with E-state index in [1.807, 2.05) is 18.4 Å². The monoisotopic (exact) mass is 179 g/mol. The van der Waals surface area contributed by atoms with Crippen LogP contribution in [0.4, 0.5) is 0 Å². The third-order valence-corrected chi connectivity index (χ3v) is 2.25. The second-order valence-corrected chi connectivity index (χ2v) is 3.06. The Morgan fingerprint density at radius 3 is 2.75 bits per heavy atom. The average Bonchev–Trinajstić information content (AvgIpc) is 2.16. The van der Waals surface area contributed by atoms with Gasteiger partial charge in [0.25, 0.3) is 0 Å². The lowest BCUT2D eigenvalue weighted by Gasteiger charge is -2.03. The van der Waals surface area contributed by atoms with Gasteiger partial charge in [0.1, 0.15) is 11.8 Å². The van der Waals surface area contributed by atoms with Gasteiger partial charge in [0.2, 0.25) is 0 Å². The number of hydrogen-bond donors (Lipinski definition) is 0. The average molecular weight is 179 g/mol. The Bertz CT molecular complexity index is 317. The lowest BCUT2D eigenvalue weighted by molar-refractivity contribution is 0.412. The first kappa shape index (κ1) is 8.95. The largest absolute Gasteiger partial charge is 0.495 e. The van der Waals surface area contributed by atoms with Crippen LogP contribution in [0, 0.1) is 11.3 Å². The number of benzene rings is 1. The van der Waals surface area contributed by atoms with E-state index in [0.717, 1.165) is 4.90 Å². The molecule has 3 heteroatoms. The van der Waals surface area contributed by atoms with Gasteiger partial charge < -0.3 is 4.74 Å². The van der Waals surface area contributed by atoms with Gasteiger partial charge in [0.15, 0.2) is 0 Å². The van der Waals surface area contributed by atoms with Gasteiger partial charge >= 0.3 is 0 Å². The van der Waals surface area contributed by atoms with Crippen molar-refractivity contribution in [3.8, 4) is 11.8 Å². The molecule has 1 rings (SSSR count). The maximum absolute atomic E-state index is 8.68. The van der Waals surface area contributed by atoms with Crippen LogP contribution in [-0.4, -0.2) is 13.4 Å². The highest BCUT2D eigenvalue weighted by atomic mass is 32.2. The van der Waals surface area contributed by atoms with E-state index >= 15 is 0 Å². The van der Waals surface area contributed by atoms with Crippen molar-refractivity contribution in [3.05, 3.63) is 23.8 Å². The van der Waals surface area contributed by atoms with E-state index in [9.17, 15) is 0 Å². The summed E-state index contributed by atoms with van der Waals surface area (Å²) in [6, 6.07) is 7.60. The van der Waals surface area contributed by atoms with Crippen molar-refractivity contribution in [2.45, 2.75) is 4.90 Å². The zero-order valence-electron chi connectivity index (χ0n) is 7.00. The molecule has 62 valence electrons. The van der Waals surface area contributed by atoms with Crippen LogP contribution >= 0.6 is 11.8 Å². The van der Waals surface area contributed by atoms with Crippen molar-refractivity contribution in [1.29, 1.82) is 5.26 Å².